The molecule has 0 spiro atoms. The number of methoxy groups -OCH3 is 2. The second kappa shape index (κ2) is 6.72. The van der Waals surface area contributed by atoms with E-state index in [2.05, 4.69) is 12.6 Å². The Labute approximate surface area is 129 Å². The van der Waals surface area contributed by atoms with E-state index in [1.165, 1.54) is 0 Å². The molecule has 0 amide bonds. The highest BCUT2D eigenvalue weighted by atomic mass is 32.1. The van der Waals surface area contributed by atoms with Gasteiger partial charge < -0.3 is 14.0 Å². The van der Waals surface area contributed by atoms with Crippen LogP contribution in [0.25, 0.3) is 11.3 Å². The number of hydrogen-bond donors (Lipinski definition) is 1. The topological polar surface area (TPSA) is 40.5 Å². The van der Waals surface area contributed by atoms with Gasteiger partial charge in [-0.15, -0.1) is 0 Å². The number of aromatic nitrogens is 1. The number of thiol groups is 1. The molecule has 0 aliphatic heterocycles. The molecule has 0 fully saturated rings. The van der Waals surface area contributed by atoms with Crippen molar-refractivity contribution in [3.63, 3.8) is 0 Å². The van der Waals surface area contributed by atoms with E-state index in [4.69, 9.17) is 9.47 Å². The van der Waals surface area contributed by atoms with Crippen LogP contribution in [0.3, 0.4) is 0 Å². The van der Waals surface area contributed by atoms with Gasteiger partial charge in [-0.25, -0.2) is 0 Å². The van der Waals surface area contributed by atoms with Gasteiger partial charge in [0.05, 0.1) is 19.9 Å². The predicted molar refractivity (Wildman–Crippen MR) is 87.6 cm³/mol. The summed E-state index contributed by atoms with van der Waals surface area (Å²) in [4.78, 5) is 12.4. The van der Waals surface area contributed by atoms with E-state index in [-0.39, 0.29) is 5.56 Å². The number of hydrogen-bond acceptors (Lipinski definition) is 4. The van der Waals surface area contributed by atoms with E-state index in [0.29, 0.717) is 23.6 Å². The van der Waals surface area contributed by atoms with E-state index in [9.17, 15) is 4.79 Å². The molecule has 0 N–H and O–H groups in total. The third-order valence-corrected chi connectivity index (χ3v) is 3.76. The lowest BCUT2D eigenvalue weighted by atomic mass is 10.1. The Morgan fingerprint density at radius 3 is 2.48 bits per heavy atom. The van der Waals surface area contributed by atoms with Crippen molar-refractivity contribution in [2.45, 2.75) is 19.2 Å². The lowest BCUT2D eigenvalue weighted by molar-refractivity contribution is 0.404. The van der Waals surface area contributed by atoms with Crippen LogP contribution in [-0.2, 0) is 12.3 Å². The molecule has 0 saturated carbocycles. The Morgan fingerprint density at radius 1 is 1.14 bits per heavy atom. The van der Waals surface area contributed by atoms with Gasteiger partial charge in [0.25, 0.3) is 5.56 Å². The molecule has 0 bridgehead atoms. The zero-order valence-corrected chi connectivity index (χ0v) is 13.3. The lowest BCUT2D eigenvalue weighted by Crippen LogP contribution is -2.23. The predicted octanol–water partition coefficient (Wildman–Crippen LogP) is 2.98. The van der Waals surface area contributed by atoms with Crippen LogP contribution in [0.4, 0.5) is 0 Å². The number of pyridine rings is 1. The maximum atomic E-state index is 12.4. The third kappa shape index (κ3) is 2.93. The van der Waals surface area contributed by atoms with E-state index in [1.807, 2.05) is 37.3 Å². The molecule has 5 heteroatoms. The van der Waals surface area contributed by atoms with Crippen molar-refractivity contribution in [1.29, 1.82) is 0 Å². The van der Waals surface area contributed by atoms with E-state index < -0.39 is 0 Å². The van der Waals surface area contributed by atoms with Gasteiger partial charge in [-0.2, -0.15) is 12.6 Å². The summed E-state index contributed by atoms with van der Waals surface area (Å²) in [6.07, 6.45) is 0. The first-order valence-electron chi connectivity index (χ1n) is 6.72. The molecule has 21 heavy (non-hydrogen) atoms. The number of benzene rings is 1. The molecule has 0 atom stereocenters. The fraction of sp³-hybridized carbons (Fsp3) is 0.312. The number of ether oxygens (including phenoxy) is 2. The smallest absolute Gasteiger partial charge is 0.255 e. The third-order valence-electron chi connectivity index (χ3n) is 3.42. The molecule has 0 radical (unpaired) electrons. The first-order chi connectivity index (χ1) is 10.2. The molecule has 112 valence electrons. The molecule has 1 heterocycles. The lowest BCUT2D eigenvalue weighted by Gasteiger charge is -2.16. The largest absolute Gasteiger partial charge is 0.497 e. The second-order valence-corrected chi connectivity index (χ2v) is 4.83. The molecule has 1 aromatic heterocycles. The maximum Gasteiger partial charge on any atom is 0.255 e. The SMILES string of the molecule is CCn1c(-c2cc(OC)ccc2OC)ccc(CS)c1=O. The minimum absolute atomic E-state index is 0.0186. The minimum Gasteiger partial charge on any atom is -0.497 e. The van der Waals surface area contributed by atoms with Crippen LogP contribution in [0.5, 0.6) is 11.5 Å². The molecule has 2 aromatic rings. The van der Waals surface area contributed by atoms with E-state index in [1.54, 1.807) is 18.8 Å². The van der Waals surface area contributed by atoms with Crippen molar-refractivity contribution in [3.8, 4) is 22.8 Å². The summed E-state index contributed by atoms with van der Waals surface area (Å²) in [5.74, 6) is 1.85. The Balaban J connectivity index is 2.72. The summed E-state index contributed by atoms with van der Waals surface area (Å²) >= 11 is 4.20. The fourth-order valence-corrected chi connectivity index (χ4v) is 2.55. The Hall–Kier alpha value is -1.88. The van der Waals surface area contributed by atoms with Gasteiger partial charge in [-0.3, -0.25) is 4.79 Å². The van der Waals surface area contributed by atoms with Crippen LogP contribution in [0, 0.1) is 0 Å². The Morgan fingerprint density at radius 2 is 1.90 bits per heavy atom. The molecular weight excluding hydrogens is 286 g/mol. The zero-order chi connectivity index (χ0) is 15.4. The Bertz CT molecular complexity index is 694. The molecule has 4 nitrogen and oxygen atoms in total. The van der Waals surface area contributed by atoms with Crippen molar-refractivity contribution in [2.75, 3.05) is 14.2 Å². The molecule has 0 unspecified atom stereocenters. The van der Waals surface area contributed by atoms with Gasteiger partial charge in [0, 0.05) is 23.4 Å². The highest BCUT2D eigenvalue weighted by molar-refractivity contribution is 7.79. The van der Waals surface area contributed by atoms with Crippen LogP contribution in [0.2, 0.25) is 0 Å². The highest BCUT2D eigenvalue weighted by Crippen LogP contribution is 2.33. The first-order valence-corrected chi connectivity index (χ1v) is 7.35. The average Bonchev–Trinajstić information content (AvgIpc) is 2.53. The summed E-state index contributed by atoms with van der Waals surface area (Å²) in [7, 11) is 3.23. The van der Waals surface area contributed by atoms with Crippen molar-refractivity contribution >= 4 is 12.6 Å². The van der Waals surface area contributed by atoms with Crippen LogP contribution in [0.1, 0.15) is 12.5 Å². The van der Waals surface area contributed by atoms with E-state index in [0.717, 1.165) is 17.0 Å². The van der Waals surface area contributed by atoms with Crippen molar-refractivity contribution in [1.82, 2.24) is 4.57 Å². The molecule has 2 rings (SSSR count). The molecular formula is C16H19NO3S. The maximum absolute atomic E-state index is 12.4. The molecule has 0 aliphatic carbocycles. The quantitative estimate of drug-likeness (QED) is 0.863. The van der Waals surface area contributed by atoms with Gasteiger partial charge >= 0.3 is 0 Å². The molecule has 0 saturated heterocycles. The van der Waals surface area contributed by atoms with Gasteiger partial charge in [0.1, 0.15) is 11.5 Å². The normalized spacial score (nSPS) is 10.5. The standard InChI is InChI=1S/C16H19NO3S/c1-4-17-14(7-5-11(10-21)16(17)18)13-9-12(19-2)6-8-15(13)20-3/h5-9,21H,4,10H2,1-3H3. The van der Waals surface area contributed by atoms with Crippen LogP contribution in [-0.4, -0.2) is 18.8 Å². The molecule has 1 aromatic carbocycles. The van der Waals surface area contributed by atoms with Gasteiger partial charge in [-0.1, -0.05) is 6.07 Å². The molecule has 0 aliphatic rings. The Kier molecular flexibility index (Phi) is 4.96. The summed E-state index contributed by atoms with van der Waals surface area (Å²) in [5.41, 5.74) is 2.31. The van der Waals surface area contributed by atoms with Crippen molar-refractivity contribution in [2.24, 2.45) is 0 Å². The van der Waals surface area contributed by atoms with Gasteiger partial charge in [0.15, 0.2) is 0 Å². The highest BCUT2D eigenvalue weighted by Gasteiger charge is 2.13. The van der Waals surface area contributed by atoms with Gasteiger partial charge in [0.2, 0.25) is 0 Å². The summed E-state index contributed by atoms with van der Waals surface area (Å²) in [5, 5.41) is 0. The average molecular weight is 305 g/mol. The minimum atomic E-state index is -0.0186. The van der Waals surface area contributed by atoms with Crippen LogP contribution < -0.4 is 15.0 Å². The monoisotopic (exact) mass is 305 g/mol. The van der Waals surface area contributed by atoms with Crippen molar-refractivity contribution < 1.29 is 9.47 Å². The van der Waals surface area contributed by atoms with Crippen molar-refractivity contribution in [3.05, 3.63) is 46.2 Å². The second-order valence-electron chi connectivity index (χ2n) is 4.52. The number of nitrogens with zero attached hydrogens (tertiary/aromatic N) is 1. The van der Waals surface area contributed by atoms with Crippen LogP contribution >= 0.6 is 12.6 Å². The number of rotatable bonds is 5. The first kappa shape index (κ1) is 15.5. The van der Waals surface area contributed by atoms with Crippen LogP contribution in [0.15, 0.2) is 35.1 Å². The summed E-state index contributed by atoms with van der Waals surface area (Å²) in [6.45, 7) is 2.52. The zero-order valence-electron chi connectivity index (χ0n) is 12.4. The summed E-state index contributed by atoms with van der Waals surface area (Å²) in [6, 6.07) is 9.29. The van der Waals surface area contributed by atoms with Gasteiger partial charge in [-0.05, 0) is 31.2 Å². The fourth-order valence-electron chi connectivity index (χ4n) is 2.31. The van der Waals surface area contributed by atoms with E-state index >= 15 is 0 Å². The summed E-state index contributed by atoms with van der Waals surface area (Å²) < 4.78 is 12.4.